The van der Waals surface area contributed by atoms with Gasteiger partial charge in [0.1, 0.15) is 10.6 Å². The van der Waals surface area contributed by atoms with Crippen LogP contribution in [0.4, 0.5) is 10.7 Å². The van der Waals surface area contributed by atoms with Crippen LogP contribution in [0.3, 0.4) is 0 Å². The predicted molar refractivity (Wildman–Crippen MR) is 84.2 cm³/mol. The van der Waals surface area contributed by atoms with Gasteiger partial charge in [-0.05, 0) is 32.9 Å². The van der Waals surface area contributed by atoms with E-state index in [4.69, 9.17) is 10.5 Å². The Kier molecular flexibility index (Phi) is 5.19. The van der Waals surface area contributed by atoms with Crippen LogP contribution in [0, 0.1) is 0 Å². The molecule has 1 aliphatic heterocycles. The number of hydrogen-bond acceptors (Lipinski definition) is 7. The molecule has 1 aliphatic rings. The van der Waals surface area contributed by atoms with Gasteiger partial charge >= 0.3 is 5.97 Å². The zero-order chi connectivity index (χ0) is 15.4. The molecule has 0 aromatic carbocycles. The van der Waals surface area contributed by atoms with Gasteiger partial charge in [-0.1, -0.05) is 0 Å². The fourth-order valence-corrected chi connectivity index (χ4v) is 3.45. The molecule has 0 bridgehead atoms. The highest BCUT2D eigenvalue weighted by molar-refractivity contribution is 7.19. The molecule has 4 N–H and O–H groups in total. The fraction of sp³-hybridized carbons (Fsp3) is 0.571. The lowest BCUT2D eigenvalue weighted by atomic mass is 10.1. The van der Waals surface area contributed by atoms with Gasteiger partial charge < -0.3 is 21.1 Å². The predicted octanol–water partition coefficient (Wildman–Crippen LogP) is 1.87. The molecule has 0 unspecified atom stereocenters. The molecular weight excluding hydrogens is 290 g/mol. The van der Waals surface area contributed by atoms with Crippen molar-refractivity contribution >= 4 is 33.8 Å². The van der Waals surface area contributed by atoms with Gasteiger partial charge in [-0.25, -0.2) is 4.79 Å². The van der Waals surface area contributed by atoms with Gasteiger partial charge in [0.15, 0.2) is 5.78 Å². The molecule has 1 fully saturated rings. The van der Waals surface area contributed by atoms with Crippen molar-refractivity contribution in [2.75, 3.05) is 30.7 Å². The molecule has 21 heavy (non-hydrogen) atoms. The summed E-state index contributed by atoms with van der Waals surface area (Å²) in [6.07, 6.45) is 1.94. The standard InChI is InChI=1S/C14H21N3O3S/c1-3-20-14(19)10-11(15)12(8(2)18)21-13(10)17-9-4-6-16-7-5-9/h9,16-17H,3-7,15H2,1-2H3. The van der Waals surface area contributed by atoms with E-state index in [2.05, 4.69) is 10.6 Å². The summed E-state index contributed by atoms with van der Waals surface area (Å²) in [6.45, 7) is 5.34. The Balaban J connectivity index is 2.30. The second-order valence-corrected chi connectivity index (χ2v) is 6.01. The van der Waals surface area contributed by atoms with Crippen LogP contribution in [0.2, 0.25) is 0 Å². The third-order valence-electron chi connectivity index (χ3n) is 3.42. The monoisotopic (exact) mass is 311 g/mol. The van der Waals surface area contributed by atoms with Crippen LogP contribution in [-0.4, -0.2) is 37.5 Å². The Bertz CT molecular complexity index is 536. The molecule has 116 valence electrons. The number of ether oxygens (including phenoxy) is 1. The quantitative estimate of drug-likeness (QED) is 0.568. The number of piperidine rings is 1. The number of hydrogen-bond donors (Lipinski definition) is 3. The molecular formula is C14H21N3O3S. The van der Waals surface area contributed by atoms with Crippen LogP contribution in [0.15, 0.2) is 0 Å². The Morgan fingerprint density at radius 3 is 2.67 bits per heavy atom. The SMILES string of the molecule is CCOC(=O)c1c(NC2CCNCC2)sc(C(C)=O)c1N. The van der Waals surface area contributed by atoms with Crippen molar-refractivity contribution in [2.45, 2.75) is 32.7 Å². The van der Waals surface area contributed by atoms with Gasteiger partial charge in [-0.3, -0.25) is 4.79 Å². The van der Waals surface area contributed by atoms with Crippen molar-refractivity contribution in [3.8, 4) is 0 Å². The number of rotatable bonds is 5. The van der Waals surface area contributed by atoms with Crippen LogP contribution in [-0.2, 0) is 4.74 Å². The maximum atomic E-state index is 12.1. The van der Waals surface area contributed by atoms with Crippen molar-refractivity contribution in [2.24, 2.45) is 0 Å². The summed E-state index contributed by atoms with van der Waals surface area (Å²) < 4.78 is 5.06. The van der Waals surface area contributed by atoms with E-state index in [0.29, 0.717) is 15.4 Å². The van der Waals surface area contributed by atoms with Crippen LogP contribution < -0.4 is 16.4 Å². The summed E-state index contributed by atoms with van der Waals surface area (Å²) in [5.41, 5.74) is 6.50. The van der Waals surface area contributed by atoms with E-state index in [9.17, 15) is 9.59 Å². The molecule has 2 heterocycles. The van der Waals surface area contributed by atoms with Gasteiger partial charge in [0.2, 0.25) is 0 Å². The topological polar surface area (TPSA) is 93.5 Å². The smallest absolute Gasteiger partial charge is 0.343 e. The molecule has 0 spiro atoms. The first-order valence-electron chi connectivity index (χ1n) is 7.12. The van der Waals surface area contributed by atoms with E-state index in [1.54, 1.807) is 6.92 Å². The molecule has 0 atom stereocenters. The number of thiophene rings is 1. The van der Waals surface area contributed by atoms with Crippen molar-refractivity contribution in [1.82, 2.24) is 5.32 Å². The Morgan fingerprint density at radius 1 is 1.43 bits per heavy atom. The Hall–Kier alpha value is -1.60. The number of Topliss-reactive ketones (excluding diaryl/α,β-unsaturated/α-hetero) is 1. The van der Waals surface area contributed by atoms with Crippen molar-refractivity contribution in [1.29, 1.82) is 0 Å². The van der Waals surface area contributed by atoms with Crippen molar-refractivity contribution in [3.63, 3.8) is 0 Å². The zero-order valence-corrected chi connectivity index (χ0v) is 13.1. The third-order valence-corrected chi connectivity index (χ3v) is 4.66. The minimum atomic E-state index is -0.477. The maximum Gasteiger partial charge on any atom is 0.343 e. The van der Waals surface area contributed by atoms with E-state index >= 15 is 0 Å². The lowest BCUT2D eigenvalue weighted by Crippen LogP contribution is -2.35. The van der Waals surface area contributed by atoms with E-state index in [1.165, 1.54) is 18.3 Å². The van der Waals surface area contributed by atoms with Crippen molar-refractivity contribution in [3.05, 3.63) is 10.4 Å². The molecule has 1 saturated heterocycles. The molecule has 1 aromatic heterocycles. The fourth-order valence-electron chi connectivity index (χ4n) is 2.36. The number of esters is 1. The Morgan fingerprint density at radius 2 is 2.10 bits per heavy atom. The molecule has 1 aromatic rings. The second kappa shape index (κ2) is 6.91. The number of anilines is 2. The first-order valence-corrected chi connectivity index (χ1v) is 7.93. The first-order chi connectivity index (χ1) is 10.0. The van der Waals surface area contributed by atoms with Gasteiger partial charge in [0, 0.05) is 13.0 Å². The average Bonchev–Trinajstić information content (AvgIpc) is 2.77. The van der Waals surface area contributed by atoms with Crippen LogP contribution in [0.1, 0.15) is 46.7 Å². The molecule has 0 amide bonds. The summed E-state index contributed by atoms with van der Waals surface area (Å²) >= 11 is 1.24. The van der Waals surface area contributed by atoms with E-state index in [0.717, 1.165) is 25.9 Å². The summed E-state index contributed by atoms with van der Waals surface area (Å²) in [6, 6.07) is 0.275. The average molecular weight is 311 g/mol. The maximum absolute atomic E-state index is 12.1. The van der Waals surface area contributed by atoms with Gasteiger partial charge in [0.05, 0.1) is 17.2 Å². The van der Waals surface area contributed by atoms with Gasteiger partial charge in [-0.2, -0.15) is 0 Å². The third kappa shape index (κ3) is 3.54. The normalized spacial score (nSPS) is 15.7. The lowest BCUT2D eigenvalue weighted by molar-refractivity contribution is 0.0529. The summed E-state index contributed by atoms with van der Waals surface area (Å²) in [5.74, 6) is -0.614. The molecule has 2 rings (SSSR count). The number of nitrogen functional groups attached to an aromatic ring is 1. The molecule has 7 heteroatoms. The lowest BCUT2D eigenvalue weighted by Gasteiger charge is -2.24. The number of carbonyl (C=O) groups is 2. The Labute approximate surface area is 128 Å². The number of nitrogens with two attached hydrogens (primary N) is 1. The van der Waals surface area contributed by atoms with Crippen LogP contribution in [0.25, 0.3) is 0 Å². The summed E-state index contributed by atoms with van der Waals surface area (Å²) in [5, 5.41) is 7.28. The summed E-state index contributed by atoms with van der Waals surface area (Å²) in [7, 11) is 0. The summed E-state index contributed by atoms with van der Waals surface area (Å²) in [4.78, 5) is 24.2. The van der Waals surface area contributed by atoms with Crippen molar-refractivity contribution < 1.29 is 14.3 Å². The van der Waals surface area contributed by atoms with Crippen LogP contribution in [0.5, 0.6) is 0 Å². The second-order valence-electron chi connectivity index (χ2n) is 4.99. The molecule has 6 nitrogen and oxygen atoms in total. The molecule has 0 saturated carbocycles. The molecule has 0 aliphatic carbocycles. The first kappa shape index (κ1) is 15.8. The minimum absolute atomic E-state index is 0.138. The minimum Gasteiger partial charge on any atom is -0.462 e. The number of carbonyl (C=O) groups excluding carboxylic acids is 2. The largest absolute Gasteiger partial charge is 0.462 e. The van der Waals surface area contributed by atoms with Crippen LogP contribution >= 0.6 is 11.3 Å². The van der Waals surface area contributed by atoms with E-state index in [1.807, 2.05) is 0 Å². The van der Waals surface area contributed by atoms with E-state index < -0.39 is 5.97 Å². The molecule has 0 radical (unpaired) electrons. The van der Waals surface area contributed by atoms with Gasteiger partial charge in [-0.15, -0.1) is 11.3 Å². The van der Waals surface area contributed by atoms with E-state index in [-0.39, 0.29) is 24.1 Å². The zero-order valence-electron chi connectivity index (χ0n) is 12.3. The highest BCUT2D eigenvalue weighted by Gasteiger charge is 2.26. The highest BCUT2D eigenvalue weighted by atomic mass is 32.1. The number of ketones is 1. The highest BCUT2D eigenvalue weighted by Crippen LogP contribution is 2.37. The van der Waals surface area contributed by atoms with Gasteiger partial charge in [0.25, 0.3) is 0 Å². The number of nitrogens with one attached hydrogen (secondary N) is 2.